The highest BCUT2D eigenvalue weighted by Gasteiger charge is 1.99. The topological polar surface area (TPSA) is 22.0 Å². The van der Waals surface area contributed by atoms with Crippen LogP contribution in [0.5, 0.6) is 0 Å². The van der Waals surface area contributed by atoms with Gasteiger partial charge in [0.05, 0.1) is 0 Å². The lowest BCUT2D eigenvalue weighted by Gasteiger charge is -2.09. The summed E-state index contributed by atoms with van der Waals surface area (Å²) in [4.78, 5) is 11.3. The van der Waals surface area contributed by atoms with E-state index in [0.29, 0.717) is 0 Å². The van der Waals surface area contributed by atoms with Gasteiger partial charge in [-0.15, -0.1) is 0 Å². The molecule has 0 N–H and O–H groups in total. The van der Waals surface area contributed by atoms with E-state index in [0.717, 1.165) is 5.56 Å². The van der Waals surface area contributed by atoms with Crippen LogP contribution < -0.4 is 5.56 Å². The molecule has 1 aromatic heterocycles. The van der Waals surface area contributed by atoms with Crippen LogP contribution in [0.3, 0.4) is 0 Å². The van der Waals surface area contributed by atoms with Crippen molar-refractivity contribution in [2.45, 2.75) is 19.9 Å². The van der Waals surface area contributed by atoms with Crippen molar-refractivity contribution >= 4 is 6.08 Å². The Morgan fingerprint density at radius 1 is 1.50 bits per heavy atom. The zero-order valence-corrected chi connectivity index (χ0v) is 7.45. The Morgan fingerprint density at radius 2 is 2.17 bits per heavy atom. The minimum atomic E-state index is 0.0376. The van der Waals surface area contributed by atoms with Crippen molar-refractivity contribution in [2.24, 2.45) is 0 Å². The smallest absolute Gasteiger partial charge is 0.250 e. The number of hydrogen-bond acceptors (Lipinski definition) is 1. The van der Waals surface area contributed by atoms with Gasteiger partial charge in [-0.1, -0.05) is 12.7 Å². The summed E-state index contributed by atoms with van der Waals surface area (Å²) in [6, 6.07) is 3.54. The zero-order valence-electron chi connectivity index (χ0n) is 7.45. The van der Waals surface area contributed by atoms with Crippen molar-refractivity contribution in [3.63, 3.8) is 0 Å². The molecular formula is C10H13NO. The molecule has 0 atom stereocenters. The van der Waals surface area contributed by atoms with Crippen LogP contribution in [0.4, 0.5) is 0 Å². The van der Waals surface area contributed by atoms with Crippen LogP contribution in [-0.2, 0) is 0 Å². The fourth-order valence-corrected chi connectivity index (χ4v) is 1.05. The van der Waals surface area contributed by atoms with Gasteiger partial charge in [0.25, 0.3) is 5.56 Å². The average Bonchev–Trinajstić information content (AvgIpc) is 2.05. The highest BCUT2D eigenvalue weighted by atomic mass is 16.1. The van der Waals surface area contributed by atoms with E-state index in [2.05, 4.69) is 6.58 Å². The van der Waals surface area contributed by atoms with E-state index < -0.39 is 0 Å². The fraction of sp³-hybridized carbons (Fsp3) is 0.300. The summed E-state index contributed by atoms with van der Waals surface area (Å²) in [5.41, 5.74) is 1.01. The van der Waals surface area contributed by atoms with Gasteiger partial charge >= 0.3 is 0 Å². The van der Waals surface area contributed by atoms with E-state index >= 15 is 0 Å². The van der Waals surface area contributed by atoms with Crippen molar-refractivity contribution < 1.29 is 0 Å². The number of hydrogen-bond donors (Lipinski definition) is 0. The van der Waals surface area contributed by atoms with Gasteiger partial charge in [0.15, 0.2) is 0 Å². The van der Waals surface area contributed by atoms with Crippen molar-refractivity contribution in [1.29, 1.82) is 0 Å². The summed E-state index contributed by atoms with van der Waals surface area (Å²) < 4.78 is 1.69. The SMILES string of the molecule is C=Cc1ccc(=O)n(C(C)C)c1. The zero-order chi connectivity index (χ0) is 9.14. The van der Waals surface area contributed by atoms with Crippen LogP contribution in [-0.4, -0.2) is 4.57 Å². The normalized spacial score (nSPS) is 10.2. The highest BCUT2D eigenvalue weighted by Crippen LogP contribution is 2.03. The highest BCUT2D eigenvalue weighted by molar-refractivity contribution is 5.44. The Hall–Kier alpha value is -1.31. The third-order valence-electron chi connectivity index (χ3n) is 1.75. The molecule has 0 unspecified atom stereocenters. The van der Waals surface area contributed by atoms with Gasteiger partial charge in [-0.05, 0) is 25.5 Å². The number of nitrogens with zero attached hydrogens (tertiary/aromatic N) is 1. The summed E-state index contributed by atoms with van der Waals surface area (Å²) in [5.74, 6) is 0. The summed E-state index contributed by atoms with van der Waals surface area (Å²) >= 11 is 0. The summed E-state index contributed by atoms with van der Waals surface area (Å²) in [6.45, 7) is 7.61. The molecule has 1 aromatic rings. The second-order valence-electron chi connectivity index (χ2n) is 3.01. The molecule has 1 rings (SSSR count). The van der Waals surface area contributed by atoms with Crippen LogP contribution in [0.15, 0.2) is 29.7 Å². The Balaban J connectivity index is 3.26. The first-order valence-corrected chi connectivity index (χ1v) is 4.00. The van der Waals surface area contributed by atoms with Gasteiger partial charge in [0.1, 0.15) is 0 Å². The first-order valence-electron chi connectivity index (χ1n) is 4.00. The molecule has 12 heavy (non-hydrogen) atoms. The van der Waals surface area contributed by atoms with E-state index in [1.165, 1.54) is 0 Å². The number of aromatic nitrogens is 1. The molecule has 0 saturated carbocycles. The lowest BCUT2D eigenvalue weighted by atomic mass is 10.2. The van der Waals surface area contributed by atoms with Gasteiger partial charge < -0.3 is 4.57 Å². The first kappa shape index (κ1) is 8.78. The van der Waals surface area contributed by atoms with Gasteiger partial charge in [-0.2, -0.15) is 0 Å². The minimum Gasteiger partial charge on any atom is -0.312 e. The molecule has 0 aliphatic heterocycles. The third kappa shape index (κ3) is 1.64. The van der Waals surface area contributed by atoms with Crippen LogP contribution in [0, 0.1) is 0 Å². The van der Waals surface area contributed by atoms with Gasteiger partial charge in [-0.25, -0.2) is 0 Å². The Bertz CT molecular complexity index is 336. The van der Waals surface area contributed by atoms with Gasteiger partial charge in [0, 0.05) is 18.3 Å². The first-order chi connectivity index (χ1) is 5.65. The van der Waals surface area contributed by atoms with Crippen molar-refractivity contribution in [1.82, 2.24) is 4.57 Å². The van der Waals surface area contributed by atoms with Crippen LogP contribution in [0.25, 0.3) is 6.08 Å². The number of rotatable bonds is 2. The molecule has 0 bridgehead atoms. The molecule has 2 nitrogen and oxygen atoms in total. The predicted octanol–water partition coefficient (Wildman–Crippen LogP) is 2.07. The monoisotopic (exact) mass is 163 g/mol. The molecule has 0 spiro atoms. The quantitative estimate of drug-likeness (QED) is 0.654. The summed E-state index contributed by atoms with van der Waals surface area (Å²) in [6.07, 6.45) is 3.55. The van der Waals surface area contributed by atoms with E-state index in [1.807, 2.05) is 20.0 Å². The molecule has 2 heteroatoms. The molecule has 64 valence electrons. The predicted molar refractivity (Wildman–Crippen MR) is 51.2 cm³/mol. The Labute approximate surface area is 72.2 Å². The number of pyridine rings is 1. The van der Waals surface area contributed by atoms with Crippen molar-refractivity contribution in [3.8, 4) is 0 Å². The summed E-state index contributed by atoms with van der Waals surface area (Å²) in [5, 5.41) is 0. The fourth-order valence-electron chi connectivity index (χ4n) is 1.05. The summed E-state index contributed by atoms with van der Waals surface area (Å²) in [7, 11) is 0. The van der Waals surface area contributed by atoms with Crippen LogP contribution in [0.1, 0.15) is 25.5 Å². The van der Waals surface area contributed by atoms with Crippen molar-refractivity contribution in [2.75, 3.05) is 0 Å². The lowest BCUT2D eigenvalue weighted by Crippen LogP contribution is -2.20. The molecule has 0 aliphatic carbocycles. The van der Waals surface area contributed by atoms with E-state index in [1.54, 1.807) is 22.8 Å². The molecule has 0 aromatic carbocycles. The Kier molecular flexibility index (Phi) is 2.48. The maximum atomic E-state index is 11.3. The molecule has 1 heterocycles. The van der Waals surface area contributed by atoms with Crippen molar-refractivity contribution in [3.05, 3.63) is 40.8 Å². The van der Waals surface area contributed by atoms with Crippen LogP contribution >= 0.6 is 0 Å². The van der Waals surface area contributed by atoms with E-state index in [-0.39, 0.29) is 11.6 Å². The third-order valence-corrected chi connectivity index (χ3v) is 1.75. The Morgan fingerprint density at radius 3 is 2.67 bits per heavy atom. The maximum Gasteiger partial charge on any atom is 0.250 e. The molecular weight excluding hydrogens is 150 g/mol. The average molecular weight is 163 g/mol. The maximum absolute atomic E-state index is 11.3. The van der Waals surface area contributed by atoms with Gasteiger partial charge in [0.2, 0.25) is 0 Å². The molecule has 0 fully saturated rings. The minimum absolute atomic E-state index is 0.0376. The standard InChI is InChI=1S/C10H13NO/c1-4-9-5-6-10(12)11(7-9)8(2)3/h4-8H,1H2,2-3H3. The van der Waals surface area contributed by atoms with Gasteiger partial charge in [-0.3, -0.25) is 4.79 Å². The second-order valence-corrected chi connectivity index (χ2v) is 3.01. The molecule has 0 aliphatic rings. The second kappa shape index (κ2) is 3.39. The van der Waals surface area contributed by atoms with E-state index in [4.69, 9.17) is 0 Å². The molecule has 0 amide bonds. The lowest BCUT2D eigenvalue weighted by molar-refractivity contribution is 0.578. The van der Waals surface area contributed by atoms with E-state index in [9.17, 15) is 4.79 Å². The largest absolute Gasteiger partial charge is 0.312 e. The van der Waals surface area contributed by atoms with Crippen LogP contribution in [0.2, 0.25) is 0 Å². The molecule has 0 saturated heterocycles. The molecule has 0 radical (unpaired) electrons.